The lowest BCUT2D eigenvalue weighted by Gasteiger charge is -2.29. The largest absolute Gasteiger partial charge is 0.383 e. The second-order valence-electron chi connectivity index (χ2n) is 5.75. The van der Waals surface area contributed by atoms with Crippen molar-refractivity contribution in [2.24, 2.45) is 0 Å². The van der Waals surface area contributed by atoms with Crippen LogP contribution in [0.25, 0.3) is 0 Å². The fourth-order valence-corrected chi connectivity index (χ4v) is 2.29. The van der Waals surface area contributed by atoms with Gasteiger partial charge >= 0.3 is 0 Å². The predicted octanol–water partition coefficient (Wildman–Crippen LogP) is 1.77. The summed E-state index contributed by atoms with van der Waals surface area (Å²) < 4.78 is 5.15. The smallest absolute Gasteiger partial charge is 0.105 e. The molecule has 1 aliphatic rings. The number of ether oxygens (including phenoxy) is 1. The van der Waals surface area contributed by atoms with Gasteiger partial charge in [-0.15, -0.1) is 0 Å². The van der Waals surface area contributed by atoms with Gasteiger partial charge in [0.05, 0.1) is 12.7 Å². The summed E-state index contributed by atoms with van der Waals surface area (Å²) in [5.41, 5.74) is -0.422. The molecular formula is C14H27N3O. The zero-order valence-corrected chi connectivity index (χ0v) is 12.2. The molecule has 4 nitrogen and oxygen atoms in total. The van der Waals surface area contributed by atoms with E-state index in [2.05, 4.69) is 30.1 Å². The van der Waals surface area contributed by atoms with E-state index in [9.17, 15) is 5.26 Å². The normalized spacial score (nSPS) is 18.9. The van der Waals surface area contributed by atoms with Crippen molar-refractivity contribution in [2.45, 2.75) is 57.7 Å². The molecule has 1 fully saturated rings. The van der Waals surface area contributed by atoms with Crippen LogP contribution in [0.4, 0.5) is 0 Å². The molecular weight excluding hydrogens is 226 g/mol. The molecule has 0 heterocycles. The van der Waals surface area contributed by atoms with E-state index in [4.69, 9.17) is 4.74 Å². The van der Waals surface area contributed by atoms with Crippen molar-refractivity contribution in [1.29, 1.82) is 5.26 Å². The summed E-state index contributed by atoms with van der Waals surface area (Å²) in [7, 11) is 1.74. The van der Waals surface area contributed by atoms with Gasteiger partial charge < -0.3 is 4.74 Å². The highest BCUT2D eigenvalue weighted by molar-refractivity contribution is 5.05. The van der Waals surface area contributed by atoms with Crippen molar-refractivity contribution in [2.75, 3.05) is 26.8 Å². The Morgan fingerprint density at radius 2 is 2.11 bits per heavy atom. The molecule has 0 aromatic heterocycles. The number of nitrogens with one attached hydrogen (secondary N) is 1. The minimum atomic E-state index is -0.422. The molecule has 0 aromatic carbocycles. The second-order valence-corrected chi connectivity index (χ2v) is 5.75. The Hall–Kier alpha value is -0.630. The van der Waals surface area contributed by atoms with Gasteiger partial charge in [-0.05, 0) is 40.0 Å². The van der Waals surface area contributed by atoms with Gasteiger partial charge in [-0.2, -0.15) is 5.26 Å². The van der Waals surface area contributed by atoms with Crippen LogP contribution in [-0.4, -0.2) is 49.3 Å². The summed E-state index contributed by atoms with van der Waals surface area (Å²) in [6.07, 6.45) is 3.46. The van der Waals surface area contributed by atoms with Gasteiger partial charge in [0.1, 0.15) is 5.54 Å². The van der Waals surface area contributed by atoms with Gasteiger partial charge in [0.15, 0.2) is 0 Å². The van der Waals surface area contributed by atoms with Crippen LogP contribution in [0.3, 0.4) is 0 Å². The van der Waals surface area contributed by atoms with Gasteiger partial charge in [-0.1, -0.05) is 0 Å². The summed E-state index contributed by atoms with van der Waals surface area (Å²) in [5.74, 6) is 0. The first-order chi connectivity index (χ1) is 8.50. The molecule has 0 radical (unpaired) electrons. The van der Waals surface area contributed by atoms with Crippen LogP contribution in [0.2, 0.25) is 0 Å². The van der Waals surface area contributed by atoms with Crippen molar-refractivity contribution >= 4 is 0 Å². The predicted molar refractivity (Wildman–Crippen MR) is 73.4 cm³/mol. The molecule has 0 aromatic rings. The summed E-state index contributed by atoms with van der Waals surface area (Å²) in [6, 6.07) is 3.47. The molecule has 0 amide bonds. The first kappa shape index (κ1) is 15.4. The van der Waals surface area contributed by atoms with Crippen LogP contribution in [0.5, 0.6) is 0 Å². The molecule has 1 saturated carbocycles. The summed E-state index contributed by atoms with van der Waals surface area (Å²) >= 11 is 0. The lowest BCUT2D eigenvalue weighted by molar-refractivity contribution is 0.137. The molecule has 1 atom stereocenters. The first-order valence-corrected chi connectivity index (χ1v) is 6.92. The maximum absolute atomic E-state index is 9.32. The molecule has 104 valence electrons. The van der Waals surface area contributed by atoms with Crippen molar-refractivity contribution in [1.82, 2.24) is 10.2 Å². The molecule has 1 unspecified atom stereocenters. The van der Waals surface area contributed by atoms with Gasteiger partial charge in [-0.3, -0.25) is 10.2 Å². The topological polar surface area (TPSA) is 48.3 Å². The molecule has 1 rings (SSSR count). The van der Waals surface area contributed by atoms with Crippen LogP contribution in [0.15, 0.2) is 0 Å². The standard InChI is InChI=1S/C14H27N3O/c1-12(2)16-14(3,11-15)7-8-17(9-10-18-4)13-5-6-13/h12-13,16H,5-10H2,1-4H3. The molecule has 0 aliphatic heterocycles. The number of nitrogens with zero attached hydrogens (tertiary/aromatic N) is 2. The monoisotopic (exact) mass is 253 g/mol. The Morgan fingerprint density at radius 1 is 1.44 bits per heavy atom. The minimum Gasteiger partial charge on any atom is -0.383 e. The number of nitriles is 1. The van der Waals surface area contributed by atoms with E-state index in [1.165, 1.54) is 12.8 Å². The van der Waals surface area contributed by atoms with Crippen LogP contribution >= 0.6 is 0 Å². The van der Waals surface area contributed by atoms with Crippen LogP contribution < -0.4 is 5.32 Å². The first-order valence-electron chi connectivity index (χ1n) is 6.92. The third-order valence-electron chi connectivity index (χ3n) is 3.40. The van der Waals surface area contributed by atoms with E-state index in [1.807, 2.05) is 6.92 Å². The average Bonchev–Trinajstić information content (AvgIpc) is 3.12. The van der Waals surface area contributed by atoms with Crippen LogP contribution in [0.1, 0.15) is 40.0 Å². The van der Waals surface area contributed by atoms with Crippen molar-refractivity contribution < 1.29 is 4.74 Å². The van der Waals surface area contributed by atoms with Crippen LogP contribution in [0, 0.1) is 11.3 Å². The Labute approximate surface area is 111 Å². The van der Waals surface area contributed by atoms with Gasteiger partial charge in [0.2, 0.25) is 0 Å². The molecule has 1 aliphatic carbocycles. The molecule has 1 N–H and O–H groups in total. The number of hydrogen-bond donors (Lipinski definition) is 1. The fourth-order valence-electron chi connectivity index (χ4n) is 2.29. The highest BCUT2D eigenvalue weighted by atomic mass is 16.5. The van der Waals surface area contributed by atoms with E-state index in [1.54, 1.807) is 7.11 Å². The maximum Gasteiger partial charge on any atom is 0.105 e. The van der Waals surface area contributed by atoms with E-state index in [-0.39, 0.29) is 0 Å². The number of rotatable bonds is 9. The van der Waals surface area contributed by atoms with Crippen molar-refractivity contribution in [3.8, 4) is 6.07 Å². The third-order valence-corrected chi connectivity index (χ3v) is 3.40. The second kappa shape index (κ2) is 7.08. The summed E-state index contributed by atoms with van der Waals surface area (Å²) in [6.45, 7) is 8.88. The number of methoxy groups -OCH3 is 1. The summed E-state index contributed by atoms with van der Waals surface area (Å²) in [5, 5.41) is 12.7. The maximum atomic E-state index is 9.32. The van der Waals surface area contributed by atoms with Gasteiger partial charge in [0, 0.05) is 32.3 Å². The Kier molecular flexibility index (Phi) is 6.07. The Balaban J connectivity index is 2.41. The van der Waals surface area contributed by atoms with Crippen molar-refractivity contribution in [3.63, 3.8) is 0 Å². The highest BCUT2D eigenvalue weighted by Gasteiger charge is 2.31. The number of hydrogen-bond acceptors (Lipinski definition) is 4. The molecule has 0 bridgehead atoms. The zero-order valence-electron chi connectivity index (χ0n) is 12.2. The SMILES string of the molecule is COCCN(CCC(C)(C#N)NC(C)C)C1CC1. The van der Waals surface area contributed by atoms with Gasteiger partial charge in [-0.25, -0.2) is 0 Å². The van der Waals surface area contributed by atoms with E-state index in [0.717, 1.165) is 32.2 Å². The molecule has 0 saturated heterocycles. The fraction of sp³-hybridized carbons (Fsp3) is 0.929. The van der Waals surface area contributed by atoms with E-state index < -0.39 is 5.54 Å². The van der Waals surface area contributed by atoms with Crippen LogP contribution in [-0.2, 0) is 4.74 Å². The quantitative estimate of drug-likeness (QED) is 0.680. The highest BCUT2D eigenvalue weighted by Crippen LogP contribution is 2.27. The van der Waals surface area contributed by atoms with E-state index in [0.29, 0.717) is 6.04 Å². The Morgan fingerprint density at radius 3 is 2.56 bits per heavy atom. The third kappa shape index (κ3) is 5.34. The van der Waals surface area contributed by atoms with Crippen molar-refractivity contribution in [3.05, 3.63) is 0 Å². The minimum absolute atomic E-state index is 0.336. The average molecular weight is 253 g/mol. The van der Waals surface area contributed by atoms with E-state index >= 15 is 0 Å². The zero-order chi connectivity index (χ0) is 13.6. The van der Waals surface area contributed by atoms with Gasteiger partial charge in [0.25, 0.3) is 0 Å². The lowest BCUT2D eigenvalue weighted by atomic mass is 9.98. The molecule has 4 heteroatoms. The molecule has 18 heavy (non-hydrogen) atoms. The Bertz CT molecular complexity index is 283. The molecule has 0 spiro atoms. The summed E-state index contributed by atoms with van der Waals surface area (Å²) in [4.78, 5) is 2.46. The lowest BCUT2D eigenvalue weighted by Crippen LogP contribution is -2.47.